The molecule has 1 aromatic heterocycles. The van der Waals surface area contributed by atoms with Crippen LogP contribution in [-0.4, -0.2) is 38.9 Å². The molecular formula is C20H16BrClN2O6. The summed E-state index contributed by atoms with van der Waals surface area (Å²) in [5.41, 5.74) is 3.55. The summed E-state index contributed by atoms with van der Waals surface area (Å²) < 4.78 is 21.3. The van der Waals surface area contributed by atoms with E-state index in [4.69, 9.17) is 25.5 Å². The molecule has 3 rings (SSSR count). The van der Waals surface area contributed by atoms with Crippen molar-refractivity contribution in [3.63, 3.8) is 0 Å². The molecule has 2 aromatic carbocycles. The summed E-state index contributed by atoms with van der Waals surface area (Å²) in [6.07, 6.45) is 1.42. The van der Waals surface area contributed by atoms with Gasteiger partial charge in [-0.1, -0.05) is 11.6 Å². The van der Waals surface area contributed by atoms with E-state index in [1.165, 1.54) is 20.4 Å². The molecule has 0 saturated carbocycles. The zero-order valence-electron chi connectivity index (χ0n) is 15.9. The number of hydrazone groups is 1. The zero-order chi connectivity index (χ0) is 21.7. The fourth-order valence-corrected chi connectivity index (χ4v) is 3.06. The van der Waals surface area contributed by atoms with Crippen molar-refractivity contribution in [3.8, 4) is 11.5 Å². The number of ether oxygens (including phenoxy) is 3. The Bertz CT molecular complexity index is 1130. The van der Waals surface area contributed by atoms with Crippen LogP contribution in [0.5, 0.6) is 11.5 Å². The van der Waals surface area contributed by atoms with E-state index in [1.807, 2.05) is 0 Å². The number of benzene rings is 2. The third-order valence-electron chi connectivity index (χ3n) is 3.93. The van der Waals surface area contributed by atoms with E-state index in [-0.39, 0.29) is 12.4 Å². The number of nitrogens with zero attached hydrogens (tertiary/aromatic N) is 1. The average molecular weight is 496 g/mol. The predicted molar refractivity (Wildman–Crippen MR) is 114 cm³/mol. The van der Waals surface area contributed by atoms with E-state index in [9.17, 15) is 9.59 Å². The summed E-state index contributed by atoms with van der Waals surface area (Å²) in [4.78, 5) is 23.5. The lowest BCUT2D eigenvalue weighted by Crippen LogP contribution is -2.16. The van der Waals surface area contributed by atoms with Crippen molar-refractivity contribution in [1.29, 1.82) is 0 Å². The van der Waals surface area contributed by atoms with Gasteiger partial charge < -0.3 is 18.6 Å². The number of carbonyl (C=O) groups excluding carboxylic acids is 2. The Hall–Kier alpha value is -3.04. The van der Waals surface area contributed by atoms with Crippen LogP contribution < -0.4 is 14.9 Å². The summed E-state index contributed by atoms with van der Waals surface area (Å²) in [6, 6.07) is 9.90. The first-order valence-electron chi connectivity index (χ1n) is 8.51. The summed E-state index contributed by atoms with van der Waals surface area (Å²) in [7, 11) is 2.73. The molecule has 156 valence electrons. The fraction of sp³-hybridized carbons (Fsp3) is 0.150. The van der Waals surface area contributed by atoms with E-state index >= 15 is 0 Å². The van der Waals surface area contributed by atoms with Crippen LogP contribution in [0.2, 0.25) is 5.02 Å². The number of amides is 1. The molecule has 8 nitrogen and oxygen atoms in total. The second-order valence-corrected chi connectivity index (χ2v) is 7.17. The summed E-state index contributed by atoms with van der Waals surface area (Å²) in [5, 5.41) is 5.21. The van der Waals surface area contributed by atoms with Crippen LogP contribution >= 0.6 is 27.5 Å². The Morgan fingerprint density at radius 1 is 1.20 bits per heavy atom. The highest BCUT2D eigenvalue weighted by molar-refractivity contribution is 9.10. The highest BCUT2D eigenvalue weighted by Crippen LogP contribution is 2.33. The maximum absolute atomic E-state index is 12.3. The Labute approximate surface area is 184 Å². The first kappa shape index (κ1) is 21.7. The molecule has 0 aliphatic heterocycles. The van der Waals surface area contributed by atoms with Crippen molar-refractivity contribution in [2.75, 3.05) is 20.8 Å². The minimum absolute atomic E-state index is 0.104. The van der Waals surface area contributed by atoms with Crippen molar-refractivity contribution in [1.82, 2.24) is 5.43 Å². The summed E-state index contributed by atoms with van der Waals surface area (Å²) >= 11 is 9.33. The lowest BCUT2D eigenvalue weighted by Gasteiger charge is -2.11. The van der Waals surface area contributed by atoms with Gasteiger partial charge in [0.2, 0.25) is 0 Å². The molecule has 0 fully saturated rings. The molecule has 10 heteroatoms. The van der Waals surface area contributed by atoms with Crippen LogP contribution in [0, 0.1) is 0 Å². The number of methoxy groups -OCH3 is 2. The second-order valence-electron chi connectivity index (χ2n) is 5.88. The largest absolute Gasteiger partial charge is 0.493 e. The second kappa shape index (κ2) is 9.64. The maximum atomic E-state index is 12.3. The van der Waals surface area contributed by atoms with Gasteiger partial charge in [-0.25, -0.2) is 10.2 Å². The van der Waals surface area contributed by atoms with Crippen LogP contribution in [0.1, 0.15) is 16.1 Å². The van der Waals surface area contributed by atoms with Crippen LogP contribution in [-0.2, 0) is 9.53 Å². The van der Waals surface area contributed by atoms with E-state index < -0.39 is 11.9 Å². The van der Waals surface area contributed by atoms with Gasteiger partial charge in [-0.05, 0) is 52.3 Å². The van der Waals surface area contributed by atoms with Crippen LogP contribution in [0.4, 0.5) is 0 Å². The number of fused-ring (bicyclic) bond motifs is 1. The van der Waals surface area contributed by atoms with Gasteiger partial charge in [-0.15, -0.1) is 0 Å². The standard InChI is InChI=1S/C20H16BrClN2O6/c1-27-16-7-12(14(21)8-17(16)29-10-19(25)28-2)9-23-24-20(26)18-6-11-5-13(22)3-4-15(11)30-18/h3-9H,10H2,1-2H3,(H,24,26)/b23-9+. The minimum atomic E-state index is -0.519. The molecule has 1 N–H and O–H groups in total. The van der Waals surface area contributed by atoms with Gasteiger partial charge in [-0.2, -0.15) is 5.10 Å². The molecule has 1 heterocycles. The number of halogens is 2. The Morgan fingerprint density at radius 2 is 2.00 bits per heavy atom. The fourth-order valence-electron chi connectivity index (χ4n) is 2.46. The van der Waals surface area contributed by atoms with Gasteiger partial charge in [0.25, 0.3) is 0 Å². The molecule has 0 bridgehead atoms. The van der Waals surface area contributed by atoms with Crippen LogP contribution in [0.3, 0.4) is 0 Å². The van der Waals surface area contributed by atoms with E-state index in [0.29, 0.717) is 37.5 Å². The maximum Gasteiger partial charge on any atom is 0.343 e. The molecular weight excluding hydrogens is 480 g/mol. The zero-order valence-corrected chi connectivity index (χ0v) is 18.2. The number of rotatable bonds is 7. The summed E-state index contributed by atoms with van der Waals surface area (Å²) in [5.74, 6) is -0.206. The number of nitrogens with one attached hydrogen (secondary N) is 1. The SMILES string of the molecule is COC(=O)COc1cc(Br)c(/C=N/NC(=O)c2cc3cc(Cl)ccc3o2)cc1OC. The highest BCUT2D eigenvalue weighted by Gasteiger charge is 2.13. The third-order valence-corrected chi connectivity index (χ3v) is 4.85. The first-order valence-corrected chi connectivity index (χ1v) is 9.68. The molecule has 3 aromatic rings. The quantitative estimate of drug-likeness (QED) is 0.300. The summed E-state index contributed by atoms with van der Waals surface area (Å²) in [6.45, 7) is -0.258. The van der Waals surface area contributed by atoms with Crippen molar-refractivity contribution < 1.29 is 28.2 Å². The molecule has 0 radical (unpaired) electrons. The Morgan fingerprint density at radius 3 is 2.73 bits per heavy atom. The molecule has 0 aliphatic carbocycles. The van der Waals surface area contributed by atoms with Crippen LogP contribution in [0.15, 0.2) is 50.4 Å². The number of furan rings is 1. The van der Waals surface area contributed by atoms with Crippen LogP contribution in [0.25, 0.3) is 11.0 Å². The van der Waals surface area contributed by atoms with Crippen molar-refractivity contribution in [2.24, 2.45) is 5.10 Å². The van der Waals surface area contributed by atoms with E-state index in [1.54, 1.807) is 36.4 Å². The molecule has 0 saturated heterocycles. The number of hydrogen-bond donors (Lipinski definition) is 1. The molecule has 1 amide bonds. The van der Waals surface area contributed by atoms with Crippen molar-refractivity contribution in [3.05, 3.63) is 57.2 Å². The lowest BCUT2D eigenvalue weighted by molar-refractivity contribution is -0.142. The van der Waals surface area contributed by atoms with Gasteiger partial charge in [0.05, 0.1) is 20.4 Å². The Kier molecular flexibility index (Phi) is 6.96. The van der Waals surface area contributed by atoms with Crippen molar-refractivity contribution >= 4 is 56.6 Å². The van der Waals surface area contributed by atoms with Gasteiger partial charge in [0.15, 0.2) is 23.9 Å². The number of esters is 1. The number of carbonyl (C=O) groups is 2. The third kappa shape index (κ3) is 5.11. The predicted octanol–water partition coefficient (Wildman–Crippen LogP) is 4.17. The molecule has 0 atom stereocenters. The van der Waals surface area contributed by atoms with Gasteiger partial charge in [-0.3, -0.25) is 4.79 Å². The molecule has 0 unspecified atom stereocenters. The lowest BCUT2D eigenvalue weighted by atomic mass is 10.2. The minimum Gasteiger partial charge on any atom is -0.493 e. The van der Waals surface area contributed by atoms with E-state index in [2.05, 4.69) is 31.2 Å². The monoisotopic (exact) mass is 494 g/mol. The van der Waals surface area contributed by atoms with Gasteiger partial charge >= 0.3 is 11.9 Å². The normalized spacial score (nSPS) is 10.9. The first-order chi connectivity index (χ1) is 14.4. The van der Waals surface area contributed by atoms with Gasteiger partial charge in [0.1, 0.15) is 5.58 Å². The number of hydrogen-bond acceptors (Lipinski definition) is 7. The molecule has 0 spiro atoms. The van der Waals surface area contributed by atoms with Crippen molar-refractivity contribution in [2.45, 2.75) is 0 Å². The Balaban J connectivity index is 1.71. The smallest absolute Gasteiger partial charge is 0.343 e. The molecule has 0 aliphatic rings. The average Bonchev–Trinajstić information content (AvgIpc) is 3.16. The van der Waals surface area contributed by atoms with E-state index in [0.717, 1.165) is 0 Å². The topological polar surface area (TPSA) is 99.4 Å². The highest BCUT2D eigenvalue weighted by atomic mass is 79.9. The van der Waals surface area contributed by atoms with Gasteiger partial charge in [0, 0.05) is 20.4 Å². The molecule has 30 heavy (non-hydrogen) atoms.